The van der Waals surface area contributed by atoms with Crippen molar-refractivity contribution < 1.29 is 19.1 Å². The molecule has 2 amide bonds. The van der Waals surface area contributed by atoms with Crippen LogP contribution in [-0.2, 0) is 9.59 Å². The first-order valence-corrected chi connectivity index (χ1v) is 10.4. The molecule has 32 heavy (non-hydrogen) atoms. The SMILES string of the molecule is COc1ccc(/C=C/C(=O)NC(C)C(=O)NCCCOc2cccc3cccnc23)cc1. The third-order valence-electron chi connectivity index (χ3n) is 4.77. The topological polar surface area (TPSA) is 89.5 Å². The van der Waals surface area contributed by atoms with Crippen LogP contribution < -0.4 is 20.1 Å². The van der Waals surface area contributed by atoms with Gasteiger partial charge in [0.25, 0.3) is 0 Å². The van der Waals surface area contributed by atoms with Crippen molar-refractivity contribution in [2.45, 2.75) is 19.4 Å². The first-order chi connectivity index (χ1) is 15.6. The molecule has 166 valence electrons. The fourth-order valence-corrected chi connectivity index (χ4v) is 3.03. The Bertz CT molecular complexity index is 1070. The number of ether oxygens (including phenoxy) is 2. The van der Waals surface area contributed by atoms with Crippen molar-refractivity contribution in [3.8, 4) is 11.5 Å². The maximum atomic E-state index is 12.2. The zero-order valence-corrected chi connectivity index (χ0v) is 18.2. The lowest BCUT2D eigenvalue weighted by Crippen LogP contribution is -2.44. The lowest BCUT2D eigenvalue weighted by Gasteiger charge is -2.13. The number of fused-ring (bicyclic) bond motifs is 1. The van der Waals surface area contributed by atoms with Crippen LogP contribution in [0.4, 0.5) is 0 Å². The number of rotatable bonds is 10. The number of nitrogens with zero attached hydrogens (tertiary/aromatic N) is 1. The van der Waals surface area contributed by atoms with Crippen LogP contribution in [-0.4, -0.2) is 43.1 Å². The molecule has 3 rings (SSSR count). The van der Waals surface area contributed by atoms with Crippen LogP contribution in [0, 0.1) is 0 Å². The van der Waals surface area contributed by atoms with Gasteiger partial charge in [-0.05, 0) is 49.2 Å². The molecule has 7 nitrogen and oxygen atoms in total. The molecule has 0 spiro atoms. The van der Waals surface area contributed by atoms with Gasteiger partial charge in [0.05, 0.1) is 13.7 Å². The maximum Gasteiger partial charge on any atom is 0.244 e. The molecule has 3 aromatic rings. The van der Waals surface area contributed by atoms with E-state index in [1.165, 1.54) is 6.08 Å². The monoisotopic (exact) mass is 433 g/mol. The molecule has 0 radical (unpaired) electrons. The Morgan fingerprint density at radius 1 is 1.09 bits per heavy atom. The third kappa shape index (κ3) is 6.57. The van der Waals surface area contributed by atoms with E-state index in [0.29, 0.717) is 19.6 Å². The number of amides is 2. The molecule has 2 aromatic carbocycles. The van der Waals surface area contributed by atoms with Crippen molar-refractivity contribution in [2.24, 2.45) is 0 Å². The molecule has 1 aromatic heterocycles. The summed E-state index contributed by atoms with van der Waals surface area (Å²) in [5, 5.41) is 6.49. The molecule has 0 aliphatic rings. The van der Waals surface area contributed by atoms with Gasteiger partial charge in [-0.1, -0.05) is 30.3 Å². The van der Waals surface area contributed by atoms with Crippen molar-refractivity contribution >= 4 is 28.8 Å². The van der Waals surface area contributed by atoms with Crippen LogP contribution in [0.1, 0.15) is 18.9 Å². The van der Waals surface area contributed by atoms with Crippen LogP contribution in [0.5, 0.6) is 11.5 Å². The molecule has 1 heterocycles. The Kier molecular flexibility index (Phi) is 8.20. The summed E-state index contributed by atoms with van der Waals surface area (Å²) in [4.78, 5) is 28.6. The second-order valence-electron chi connectivity index (χ2n) is 7.16. The molecule has 7 heteroatoms. The predicted molar refractivity (Wildman–Crippen MR) is 124 cm³/mol. The normalized spacial score (nSPS) is 11.8. The summed E-state index contributed by atoms with van der Waals surface area (Å²) in [6, 6.07) is 16.3. The van der Waals surface area contributed by atoms with E-state index in [2.05, 4.69) is 15.6 Å². The standard InChI is InChI=1S/C25H27N3O4/c1-18(28-23(29)14-11-19-9-12-21(31-2)13-10-19)25(30)27-16-5-17-32-22-8-3-6-20-7-4-15-26-24(20)22/h3-4,6-15,18H,5,16-17H2,1-2H3,(H,27,30)(H,28,29)/b14-11+. The summed E-state index contributed by atoms with van der Waals surface area (Å²) < 4.78 is 10.9. The van der Waals surface area contributed by atoms with Gasteiger partial charge in [0.15, 0.2) is 0 Å². The van der Waals surface area contributed by atoms with Crippen molar-refractivity contribution in [3.05, 3.63) is 72.4 Å². The predicted octanol–water partition coefficient (Wildman–Crippen LogP) is 3.35. The number of carbonyl (C=O) groups is 2. The number of benzene rings is 2. The average molecular weight is 434 g/mol. The quantitative estimate of drug-likeness (QED) is 0.378. The summed E-state index contributed by atoms with van der Waals surface area (Å²) in [5.74, 6) is 0.882. The zero-order chi connectivity index (χ0) is 22.8. The second-order valence-corrected chi connectivity index (χ2v) is 7.16. The number of nitrogens with one attached hydrogen (secondary N) is 2. The molecular formula is C25H27N3O4. The van der Waals surface area contributed by atoms with E-state index in [0.717, 1.165) is 28.0 Å². The van der Waals surface area contributed by atoms with Crippen LogP contribution in [0.25, 0.3) is 17.0 Å². The van der Waals surface area contributed by atoms with E-state index in [1.54, 1.807) is 26.3 Å². The maximum absolute atomic E-state index is 12.2. The largest absolute Gasteiger partial charge is 0.497 e. The van der Waals surface area contributed by atoms with Gasteiger partial charge in [-0.2, -0.15) is 0 Å². The minimum atomic E-state index is -0.647. The Labute approximate surface area is 187 Å². The first-order valence-electron chi connectivity index (χ1n) is 10.4. The highest BCUT2D eigenvalue weighted by Crippen LogP contribution is 2.22. The molecule has 0 aliphatic heterocycles. The van der Waals surface area contributed by atoms with Crippen LogP contribution >= 0.6 is 0 Å². The molecule has 2 N–H and O–H groups in total. The van der Waals surface area contributed by atoms with Crippen LogP contribution in [0.3, 0.4) is 0 Å². The number of aromatic nitrogens is 1. The van der Waals surface area contributed by atoms with E-state index in [1.807, 2.05) is 54.6 Å². The lowest BCUT2D eigenvalue weighted by atomic mass is 10.2. The number of carbonyl (C=O) groups excluding carboxylic acids is 2. The number of para-hydroxylation sites is 1. The Hall–Kier alpha value is -3.87. The Morgan fingerprint density at radius 2 is 1.88 bits per heavy atom. The van der Waals surface area contributed by atoms with E-state index in [9.17, 15) is 9.59 Å². The first kappa shape index (κ1) is 22.8. The molecule has 0 saturated carbocycles. The van der Waals surface area contributed by atoms with Crippen molar-refractivity contribution in [1.29, 1.82) is 0 Å². The van der Waals surface area contributed by atoms with Gasteiger partial charge >= 0.3 is 0 Å². The van der Waals surface area contributed by atoms with Gasteiger partial charge in [0, 0.05) is 24.2 Å². The van der Waals surface area contributed by atoms with E-state index in [-0.39, 0.29) is 11.8 Å². The summed E-state index contributed by atoms with van der Waals surface area (Å²) in [6.07, 6.45) is 5.45. The fourth-order valence-electron chi connectivity index (χ4n) is 3.03. The average Bonchev–Trinajstić information content (AvgIpc) is 2.82. The summed E-state index contributed by atoms with van der Waals surface area (Å²) >= 11 is 0. The second kappa shape index (κ2) is 11.5. The van der Waals surface area contributed by atoms with Gasteiger partial charge in [-0.3, -0.25) is 14.6 Å². The summed E-state index contributed by atoms with van der Waals surface area (Å²) in [6.45, 7) is 2.53. The number of pyridine rings is 1. The van der Waals surface area contributed by atoms with Crippen molar-refractivity contribution in [3.63, 3.8) is 0 Å². The van der Waals surface area contributed by atoms with Crippen molar-refractivity contribution in [2.75, 3.05) is 20.3 Å². The highest BCUT2D eigenvalue weighted by atomic mass is 16.5. The Balaban J connectivity index is 1.36. The van der Waals surface area contributed by atoms with E-state index < -0.39 is 6.04 Å². The lowest BCUT2D eigenvalue weighted by molar-refractivity contribution is -0.126. The number of hydrogen-bond donors (Lipinski definition) is 2. The minimum Gasteiger partial charge on any atom is -0.497 e. The molecule has 0 bridgehead atoms. The molecule has 0 aliphatic carbocycles. The highest BCUT2D eigenvalue weighted by Gasteiger charge is 2.13. The van der Waals surface area contributed by atoms with E-state index >= 15 is 0 Å². The smallest absolute Gasteiger partial charge is 0.244 e. The van der Waals surface area contributed by atoms with Gasteiger partial charge in [0.2, 0.25) is 11.8 Å². The number of methoxy groups -OCH3 is 1. The third-order valence-corrected chi connectivity index (χ3v) is 4.77. The number of hydrogen-bond acceptors (Lipinski definition) is 5. The van der Waals surface area contributed by atoms with Crippen LogP contribution in [0.2, 0.25) is 0 Å². The van der Waals surface area contributed by atoms with Gasteiger partial charge in [-0.25, -0.2) is 0 Å². The molecular weight excluding hydrogens is 406 g/mol. The minimum absolute atomic E-state index is 0.247. The van der Waals surface area contributed by atoms with Crippen LogP contribution in [0.15, 0.2) is 66.9 Å². The fraction of sp³-hybridized carbons (Fsp3) is 0.240. The van der Waals surface area contributed by atoms with Gasteiger partial charge in [0.1, 0.15) is 23.1 Å². The molecule has 1 atom stereocenters. The molecule has 0 saturated heterocycles. The zero-order valence-electron chi connectivity index (χ0n) is 18.2. The van der Waals surface area contributed by atoms with Crippen molar-refractivity contribution in [1.82, 2.24) is 15.6 Å². The summed E-state index contributed by atoms with van der Waals surface area (Å²) in [7, 11) is 1.60. The molecule has 1 unspecified atom stereocenters. The molecule has 0 fully saturated rings. The Morgan fingerprint density at radius 3 is 2.66 bits per heavy atom. The van der Waals surface area contributed by atoms with E-state index in [4.69, 9.17) is 9.47 Å². The van der Waals surface area contributed by atoms with Gasteiger partial charge in [-0.15, -0.1) is 0 Å². The summed E-state index contributed by atoms with van der Waals surface area (Å²) in [5.41, 5.74) is 1.68. The highest BCUT2D eigenvalue weighted by molar-refractivity contribution is 5.95. The van der Waals surface area contributed by atoms with Gasteiger partial charge < -0.3 is 20.1 Å².